The van der Waals surface area contributed by atoms with Crippen LogP contribution in [0.2, 0.25) is 0 Å². The molecule has 1 fully saturated rings. The summed E-state index contributed by atoms with van der Waals surface area (Å²) in [4.78, 5) is 26.8. The molecule has 0 aliphatic carbocycles. The standard InChI is InChI=1S/C38H44NO8P/c1-29(40)39-36-35(45-25-32-19-11-5-12-20-32)28-48(41,42-2)47-38(36)37(46-26-33-21-13-6-14-22-33)34(44-24-31-17-9-4-10-18-31)27-43-23-30-15-7-3-8-16-30/h3-22,34-38H,23-28H2,1-2H3,(H,39,40)/t34-,35-,36+,37-,38+,48?/m0/s1. The molecule has 1 unspecified atom stereocenters. The number of carbonyl (C=O) groups is 1. The molecule has 9 nitrogen and oxygen atoms in total. The molecule has 1 amide bonds. The molecule has 1 N–H and O–H groups in total. The van der Waals surface area contributed by atoms with E-state index in [2.05, 4.69) is 5.32 Å². The normalized spacial score (nSPS) is 22.1. The van der Waals surface area contributed by atoms with E-state index in [9.17, 15) is 9.69 Å². The van der Waals surface area contributed by atoms with E-state index in [0.717, 1.165) is 22.3 Å². The lowest BCUT2D eigenvalue weighted by molar-refractivity contribution is -0.245. The number of carbonyl (C=O) groups excluding carboxylic acids is 1. The molecule has 0 aromatic heterocycles. The van der Waals surface area contributed by atoms with Gasteiger partial charge >= 0.3 is 0 Å². The van der Waals surface area contributed by atoms with E-state index in [1.54, 1.807) is 0 Å². The molecule has 0 spiro atoms. The molecule has 4 aromatic carbocycles. The molecule has 0 bridgehead atoms. The second-order valence-electron chi connectivity index (χ2n) is 11.7. The minimum atomic E-state index is -3.70. The number of rotatable bonds is 17. The highest BCUT2D eigenvalue weighted by Crippen LogP contribution is 2.58. The van der Waals surface area contributed by atoms with Crippen molar-refractivity contribution >= 4 is 13.9 Å². The Balaban J connectivity index is 1.48. The maximum Gasteiger partial charge on any atom is 0.240 e. The largest absolute Gasteiger partial charge is 0.631 e. The SMILES string of the molecule is CO[P+]1([O-])C[C@H](OCc2ccccc2)[C@@H](NC(C)=O)[C@H]([C@@H](OCc2ccccc2)[C@H](COCc2ccccc2)OCc2ccccc2)O1. The Morgan fingerprint density at radius 2 is 1.25 bits per heavy atom. The van der Waals surface area contributed by atoms with E-state index < -0.39 is 38.4 Å². The molecular formula is C38H44NO8P. The second-order valence-corrected chi connectivity index (χ2v) is 13.9. The molecule has 1 saturated heterocycles. The van der Waals surface area contributed by atoms with Crippen molar-refractivity contribution in [3.63, 3.8) is 0 Å². The average molecular weight is 674 g/mol. The summed E-state index contributed by atoms with van der Waals surface area (Å²) in [6.45, 7) is 2.61. The number of nitrogens with one attached hydrogen (secondary N) is 1. The minimum absolute atomic E-state index is 0.0523. The van der Waals surface area contributed by atoms with Gasteiger partial charge in [-0.3, -0.25) is 4.79 Å². The van der Waals surface area contributed by atoms with Gasteiger partial charge in [0.1, 0.15) is 24.5 Å². The summed E-state index contributed by atoms with van der Waals surface area (Å²) in [5.41, 5.74) is 3.82. The molecule has 1 aliphatic rings. The molecular weight excluding hydrogens is 629 g/mol. The number of benzene rings is 4. The summed E-state index contributed by atoms with van der Waals surface area (Å²) in [5, 5.41) is 3.03. The third-order valence-electron chi connectivity index (χ3n) is 8.07. The summed E-state index contributed by atoms with van der Waals surface area (Å²) in [5.74, 6) is -0.292. The van der Waals surface area contributed by atoms with Gasteiger partial charge in [-0.15, -0.1) is 0 Å². The topological polar surface area (TPSA) is 108 Å². The summed E-state index contributed by atoms with van der Waals surface area (Å²) in [6, 6.07) is 38.3. The number of ether oxygens (including phenoxy) is 4. The smallest absolute Gasteiger partial charge is 0.240 e. The van der Waals surface area contributed by atoms with Gasteiger partial charge in [0, 0.05) is 6.92 Å². The fraction of sp³-hybridized carbons (Fsp3) is 0.342. The highest BCUT2D eigenvalue weighted by atomic mass is 31.2. The fourth-order valence-corrected chi connectivity index (χ4v) is 7.34. The van der Waals surface area contributed by atoms with Gasteiger partial charge in [-0.2, -0.15) is 0 Å². The monoisotopic (exact) mass is 673 g/mol. The molecule has 1 aliphatic heterocycles. The summed E-state index contributed by atoms with van der Waals surface area (Å²) in [7, 11) is -2.34. The Labute approximate surface area is 283 Å². The second kappa shape index (κ2) is 18.3. The van der Waals surface area contributed by atoms with Crippen molar-refractivity contribution in [2.24, 2.45) is 0 Å². The maximum atomic E-state index is 14.1. The van der Waals surface area contributed by atoms with Crippen LogP contribution in [0.3, 0.4) is 0 Å². The lowest BCUT2D eigenvalue weighted by Gasteiger charge is -2.46. The molecule has 254 valence electrons. The van der Waals surface area contributed by atoms with Crippen LogP contribution in [0.15, 0.2) is 121 Å². The van der Waals surface area contributed by atoms with E-state index in [1.807, 2.05) is 121 Å². The molecule has 0 saturated carbocycles. The fourth-order valence-electron chi connectivity index (χ4n) is 5.63. The van der Waals surface area contributed by atoms with E-state index in [-0.39, 0.29) is 38.5 Å². The first kappa shape index (κ1) is 35.8. The summed E-state index contributed by atoms with van der Waals surface area (Å²) in [6.07, 6.45) is -3.34. The van der Waals surface area contributed by atoms with Crippen LogP contribution in [0.25, 0.3) is 0 Å². The van der Waals surface area contributed by atoms with Gasteiger partial charge < -0.3 is 29.2 Å². The molecule has 6 atom stereocenters. The predicted octanol–water partition coefficient (Wildman–Crippen LogP) is 5.63. The van der Waals surface area contributed by atoms with Crippen LogP contribution in [-0.4, -0.2) is 56.2 Å². The Hall–Kier alpha value is -3.50. The van der Waals surface area contributed by atoms with Crippen LogP contribution in [0.1, 0.15) is 29.2 Å². The predicted molar refractivity (Wildman–Crippen MR) is 182 cm³/mol. The van der Waals surface area contributed by atoms with Crippen molar-refractivity contribution in [1.82, 2.24) is 5.32 Å². The van der Waals surface area contributed by atoms with Crippen LogP contribution in [-0.2, 0) is 59.2 Å². The minimum Gasteiger partial charge on any atom is -0.631 e. The van der Waals surface area contributed by atoms with E-state index in [0.29, 0.717) is 6.61 Å². The molecule has 48 heavy (non-hydrogen) atoms. The Bertz CT molecular complexity index is 1500. The molecule has 5 rings (SSSR count). The van der Waals surface area contributed by atoms with Crippen molar-refractivity contribution in [2.75, 3.05) is 19.9 Å². The van der Waals surface area contributed by atoms with Crippen LogP contribution in [0.5, 0.6) is 0 Å². The van der Waals surface area contributed by atoms with Crippen molar-refractivity contribution < 1.29 is 37.7 Å². The van der Waals surface area contributed by atoms with Crippen LogP contribution in [0.4, 0.5) is 0 Å². The van der Waals surface area contributed by atoms with Crippen molar-refractivity contribution in [3.8, 4) is 0 Å². The Kier molecular flexibility index (Phi) is 13.7. The van der Waals surface area contributed by atoms with Crippen LogP contribution in [0, 0.1) is 0 Å². The van der Waals surface area contributed by atoms with Crippen molar-refractivity contribution in [3.05, 3.63) is 144 Å². The van der Waals surface area contributed by atoms with Gasteiger partial charge in [-0.25, -0.2) is 9.05 Å². The van der Waals surface area contributed by atoms with Gasteiger partial charge in [0.15, 0.2) is 6.10 Å². The summed E-state index contributed by atoms with van der Waals surface area (Å²) >= 11 is 0. The zero-order chi connectivity index (χ0) is 33.6. The van der Waals surface area contributed by atoms with Crippen molar-refractivity contribution in [2.45, 2.75) is 63.8 Å². The lowest BCUT2D eigenvalue weighted by atomic mass is 9.96. The molecule has 10 heteroatoms. The van der Waals surface area contributed by atoms with Gasteiger partial charge in [-0.1, -0.05) is 121 Å². The molecule has 0 radical (unpaired) electrons. The number of amides is 1. The van der Waals surface area contributed by atoms with Crippen molar-refractivity contribution in [1.29, 1.82) is 0 Å². The van der Waals surface area contributed by atoms with Gasteiger partial charge in [-0.05, 0) is 22.3 Å². The van der Waals surface area contributed by atoms with E-state index >= 15 is 0 Å². The highest BCUT2D eigenvalue weighted by Gasteiger charge is 2.54. The zero-order valence-electron chi connectivity index (χ0n) is 27.4. The third kappa shape index (κ3) is 10.8. The lowest BCUT2D eigenvalue weighted by Crippen LogP contribution is -2.64. The molecule has 1 heterocycles. The first-order chi connectivity index (χ1) is 23.4. The molecule has 4 aromatic rings. The summed E-state index contributed by atoms with van der Waals surface area (Å²) < 4.78 is 37.7. The van der Waals surface area contributed by atoms with Gasteiger partial charge in [0.2, 0.25) is 13.9 Å². The first-order valence-corrected chi connectivity index (χ1v) is 17.8. The van der Waals surface area contributed by atoms with Crippen LogP contribution >= 0.6 is 7.94 Å². The Morgan fingerprint density at radius 1 is 0.771 bits per heavy atom. The quantitative estimate of drug-likeness (QED) is 0.144. The highest BCUT2D eigenvalue weighted by molar-refractivity contribution is 7.59. The van der Waals surface area contributed by atoms with Gasteiger partial charge in [0.25, 0.3) is 0 Å². The third-order valence-corrected chi connectivity index (χ3v) is 10.00. The van der Waals surface area contributed by atoms with Gasteiger partial charge in [0.05, 0.1) is 46.2 Å². The van der Waals surface area contributed by atoms with Crippen LogP contribution < -0.4 is 10.2 Å². The average Bonchev–Trinajstić information content (AvgIpc) is 3.12. The zero-order valence-corrected chi connectivity index (χ0v) is 28.3. The Morgan fingerprint density at radius 3 is 1.75 bits per heavy atom. The first-order valence-electron chi connectivity index (χ1n) is 16.1. The van der Waals surface area contributed by atoms with E-state index in [4.69, 9.17) is 28.0 Å². The number of hydrogen-bond donors (Lipinski definition) is 1. The number of hydrogen-bond acceptors (Lipinski definition) is 8. The van der Waals surface area contributed by atoms with E-state index in [1.165, 1.54) is 14.0 Å². The maximum absolute atomic E-state index is 14.1.